The van der Waals surface area contributed by atoms with Gasteiger partial charge in [-0.1, -0.05) is 277 Å². The molecule has 590 valence electrons. The predicted octanol–water partition coefficient (Wildman–Crippen LogP) is 28.9. The number of benzene rings is 16. The smallest absolute Gasteiger partial charge is 0.456 e. The Hall–Kier alpha value is -14.4. The molecule has 0 atom stereocenters. The first kappa shape index (κ1) is 74.7. The number of rotatable bonds is 10. The molecule has 24 aromatic rings. The van der Waals surface area contributed by atoms with E-state index in [-0.39, 0.29) is 0 Å². The standard InChI is InChI=1S/C51H30N4OS.C36H28BNO3S.C21H14BrN3/c1-3-14-31(15-4-1)49-52-50(32-16-5-2-6-17-32)54-51(53-49)34-19-13-18-33(28-34)39-29-35(55-41-23-10-7-20-36(41)37-21-8-11-24-42(37)55)30-40-47-45(57-48(39)40)27-26-44-46(47)38-22-9-12-25-43(38)56-44;1-35(2)36(3,4)41-37(40-35)26-20-21(38-27-14-8-5-11-22(27)23-12-6-9-15-28(23)38)19-25-33-31(42-34(25)26)18-17-30-32(33)24-13-7-10-16-29(24)39-30;22-18-13-7-12-17(14-18)21-24-19(15-8-3-1-4-9-15)23-20(25-21)16-10-5-2-6-11-16/h1-30H;5-20H,1-4H3;1-14H. The molecule has 124 heavy (non-hydrogen) atoms. The molecule has 0 unspecified atom stereocenters. The van der Waals surface area contributed by atoms with Gasteiger partial charge < -0.3 is 27.3 Å². The lowest BCUT2D eigenvalue weighted by atomic mass is 9.78. The predicted molar refractivity (Wildman–Crippen MR) is 517 cm³/mol. The summed E-state index contributed by atoms with van der Waals surface area (Å²) in [4.78, 5) is 29.2. The zero-order valence-electron chi connectivity index (χ0n) is 67.6. The minimum atomic E-state index is -0.491. The molecule has 8 aromatic heterocycles. The molecule has 12 nitrogen and oxygen atoms in total. The highest BCUT2D eigenvalue weighted by atomic mass is 79.9. The maximum absolute atomic E-state index is 6.70. The number of nitrogens with zero attached hydrogens (tertiary/aromatic N) is 8. The minimum Gasteiger partial charge on any atom is -0.456 e. The maximum atomic E-state index is 6.70. The Kier molecular flexibility index (Phi) is 18.1. The van der Waals surface area contributed by atoms with Gasteiger partial charge in [-0.3, -0.25) is 0 Å². The highest BCUT2D eigenvalue weighted by Gasteiger charge is 2.52. The molecule has 1 aliphatic rings. The number of thiophene rings is 2. The lowest BCUT2D eigenvalue weighted by Gasteiger charge is -2.32. The molecule has 25 rings (SSSR count). The molecule has 0 radical (unpaired) electrons. The van der Waals surface area contributed by atoms with Crippen LogP contribution in [0, 0.1) is 0 Å². The lowest BCUT2D eigenvalue weighted by Crippen LogP contribution is -2.41. The van der Waals surface area contributed by atoms with Gasteiger partial charge in [-0.25, -0.2) is 29.9 Å². The second kappa shape index (κ2) is 30.1. The SMILES string of the molecule is Brc1cccc(-c2nc(-c3ccccc3)nc(-c3ccccc3)n2)c1.CC1(C)OB(c2cc(-n3c4ccccc4c4ccccc43)cc3c2sc2ccc4oc5ccccc5c4c23)OC1(C)C.c1ccc(-c2nc(-c3ccccc3)nc(-c3cccc(-c4cc(-n5c6ccccc6c6ccccc65)cc5c4sc4ccc6oc7ccccc7c6c45)c3)n2)cc1. The van der Waals surface area contributed by atoms with Crippen LogP contribution in [0.25, 0.3) is 219 Å². The fourth-order valence-corrected chi connectivity index (χ4v) is 20.6. The summed E-state index contributed by atoms with van der Waals surface area (Å²) in [5.74, 6) is 3.91. The first-order valence-corrected chi connectivity index (χ1v) is 43.8. The summed E-state index contributed by atoms with van der Waals surface area (Å²) >= 11 is 7.15. The number of hydrogen-bond acceptors (Lipinski definition) is 12. The summed E-state index contributed by atoms with van der Waals surface area (Å²) < 4.78 is 36.8. The van der Waals surface area contributed by atoms with E-state index in [4.69, 9.17) is 43.1 Å². The molecule has 0 saturated carbocycles. The van der Waals surface area contributed by atoms with Crippen molar-refractivity contribution < 1.29 is 18.1 Å². The van der Waals surface area contributed by atoms with Crippen molar-refractivity contribution in [2.24, 2.45) is 0 Å². The summed E-state index contributed by atoms with van der Waals surface area (Å²) in [6.07, 6.45) is 0. The van der Waals surface area contributed by atoms with Crippen molar-refractivity contribution in [2.45, 2.75) is 38.9 Å². The molecule has 1 fully saturated rings. The molecule has 0 spiro atoms. The maximum Gasteiger partial charge on any atom is 0.496 e. The van der Waals surface area contributed by atoms with E-state index in [9.17, 15) is 0 Å². The van der Waals surface area contributed by atoms with Crippen LogP contribution in [-0.2, 0) is 9.31 Å². The van der Waals surface area contributed by atoms with Crippen LogP contribution in [0.4, 0.5) is 0 Å². The van der Waals surface area contributed by atoms with Gasteiger partial charge in [-0.15, -0.1) is 22.7 Å². The van der Waals surface area contributed by atoms with Crippen LogP contribution in [0.15, 0.2) is 377 Å². The summed E-state index contributed by atoms with van der Waals surface area (Å²) in [5.41, 5.74) is 18.6. The number of hydrogen-bond donors (Lipinski definition) is 0. The average Bonchev–Trinajstić information content (AvgIpc) is 1.56. The van der Waals surface area contributed by atoms with E-state index in [1.165, 1.54) is 84.0 Å². The van der Waals surface area contributed by atoms with Crippen LogP contribution >= 0.6 is 38.6 Å². The largest absolute Gasteiger partial charge is 0.496 e. The van der Waals surface area contributed by atoms with E-state index in [0.29, 0.717) is 34.9 Å². The topological polar surface area (TPSA) is 132 Å². The molecule has 0 amide bonds. The Balaban J connectivity index is 0.000000116. The summed E-state index contributed by atoms with van der Waals surface area (Å²) in [6.45, 7) is 8.47. The quantitative estimate of drug-likeness (QED) is 0.122. The molecule has 0 aliphatic carbocycles. The number of para-hydroxylation sites is 6. The molecule has 0 bridgehead atoms. The summed E-state index contributed by atoms with van der Waals surface area (Å²) in [6, 6.07) is 126. The van der Waals surface area contributed by atoms with E-state index in [2.05, 4.69) is 264 Å². The molecule has 1 aliphatic heterocycles. The number of aromatic nitrogens is 8. The Labute approximate surface area is 728 Å². The van der Waals surface area contributed by atoms with Crippen molar-refractivity contribution in [1.82, 2.24) is 39.0 Å². The zero-order chi connectivity index (χ0) is 82.9. The highest BCUT2D eigenvalue weighted by molar-refractivity contribution is 9.10. The number of furan rings is 2. The van der Waals surface area contributed by atoms with Gasteiger partial charge in [0, 0.05) is 144 Å². The van der Waals surface area contributed by atoms with Crippen molar-refractivity contribution in [3.8, 4) is 90.8 Å². The molecular formula is C108H72BBrN8O4S2. The molecule has 16 aromatic carbocycles. The molecule has 16 heteroatoms. The van der Waals surface area contributed by atoms with Crippen molar-refractivity contribution >= 4 is 179 Å². The summed E-state index contributed by atoms with van der Waals surface area (Å²) in [7, 11) is -0.491. The Morgan fingerprint density at radius 1 is 0.274 bits per heavy atom. The van der Waals surface area contributed by atoms with E-state index in [1.807, 2.05) is 169 Å². The van der Waals surface area contributed by atoms with Crippen molar-refractivity contribution in [2.75, 3.05) is 0 Å². The molecular weight excluding hydrogens is 1630 g/mol. The van der Waals surface area contributed by atoms with E-state index in [1.54, 1.807) is 11.3 Å². The van der Waals surface area contributed by atoms with Crippen LogP contribution in [-0.4, -0.2) is 57.4 Å². The van der Waals surface area contributed by atoms with Crippen LogP contribution in [0.2, 0.25) is 0 Å². The first-order valence-electron chi connectivity index (χ1n) is 41.4. The Morgan fingerprint density at radius 3 is 1.02 bits per heavy atom. The van der Waals surface area contributed by atoms with Gasteiger partial charge in [0.05, 0.1) is 33.3 Å². The number of halogens is 1. The first-order chi connectivity index (χ1) is 60.8. The van der Waals surface area contributed by atoms with Crippen molar-refractivity contribution in [3.63, 3.8) is 0 Å². The fourth-order valence-electron chi connectivity index (χ4n) is 17.7. The van der Waals surface area contributed by atoms with Crippen molar-refractivity contribution in [3.05, 3.63) is 368 Å². The minimum absolute atomic E-state index is 0.447. The second-order valence-corrected chi connectivity index (χ2v) is 35.3. The molecule has 0 N–H and O–H groups in total. The third-order valence-electron chi connectivity index (χ3n) is 24.2. The monoisotopic (exact) mass is 1700 g/mol. The average molecular weight is 1700 g/mol. The van der Waals surface area contributed by atoms with E-state index in [0.717, 1.165) is 110 Å². The van der Waals surface area contributed by atoms with Crippen LogP contribution in [0.5, 0.6) is 0 Å². The Bertz CT molecular complexity index is 8130. The van der Waals surface area contributed by atoms with E-state index < -0.39 is 18.3 Å². The third kappa shape index (κ3) is 12.9. The lowest BCUT2D eigenvalue weighted by molar-refractivity contribution is 0.00578. The fraction of sp³-hybridized carbons (Fsp3) is 0.0556. The van der Waals surface area contributed by atoms with Gasteiger partial charge in [-0.05, 0) is 136 Å². The van der Waals surface area contributed by atoms with Gasteiger partial charge in [0.2, 0.25) is 0 Å². The van der Waals surface area contributed by atoms with Crippen LogP contribution in [0.3, 0.4) is 0 Å². The third-order valence-corrected chi connectivity index (χ3v) is 27.2. The van der Waals surface area contributed by atoms with Gasteiger partial charge in [0.15, 0.2) is 34.9 Å². The zero-order valence-corrected chi connectivity index (χ0v) is 70.8. The second-order valence-electron chi connectivity index (χ2n) is 32.3. The number of fused-ring (bicyclic) bond motifs is 20. The molecule has 9 heterocycles. The summed E-state index contributed by atoms with van der Waals surface area (Å²) in [5, 5.41) is 14.3. The molecule has 1 saturated heterocycles. The van der Waals surface area contributed by atoms with Crippen molar-refractivity contribution in [1.29, 1.82) is 0 Å². The highest BCUT2D eigenvalue weighted by Crippen LogP contribution is 2.50. The van der Waals surface area contributed by atoms with Crippen LogP contribution in [0.1, 0.15) is 27.7 Å². The van der Waals surface area contributed by atoms with E-state index >= 15 is 0 Å². The van der Waals surface area contributed by atoms with Gasteiger partial charge >= 0.3 is 7.12 Å². The van der Waals surface area contributed by atoms with Crippen LogP contribution < -0.4 is 5.46 Å². The van der Waals surface area contributed by atoms with Gasteiger partial charge in [-0.2, -0.15) is 0 Å². The van der Waals surface area contributed by atoms with Gasteiger partial charge in [0.25, 0.3) is 0 Å². The normalized spacial score (nSPS) is 13.2. The van der Waals surface area contributed by atoms with Gasteiger partial charge in [0.1, 0.15) is 22.3 Å². The Morgan fingerprint density at radius 2 is 0.605 bits per heavy atom.